The van der Waals surface area contributed by atoms with Crippen molar-refractivity contribution in [1.29, 1.82) is 0 Å². The molecule has 0 aliphatic heterocycles. The number of hydrogen-bond acceptors (Lipinski definition) is 5. The van der Waals surface area contributed by atoms with Crippen molar-refractivity contribution in [1.82, 2.24) is 0 Å². The summed E-state index contributed by atoms with van der Waals surface area (Å²) in [5.41, 5.74) is 1.23. The maximum atomic E-state index is 12.5. The Labute approximate surface area is 163 Å². The average molecular weight is 413 g/mol. The first-order valence-corrected chi connectivity index (χ1v) is 10.0. The van der Waals surface area contributed by atoms with E-state index in [0.717, 1.165) is 0 Å². The maximum Gasteiger partial charge on any atom is 0.255 e. The second-order valence-corrected chi connectivity index (χ2v) is 8.25. The topological polar surface area (TPSA) is 84.9 Å². The number of halogens is 1. The Hall–Kier alpha value is -2.45. The molecule has 146 valence electrons. The molecule has 0 aromatic heterocycles. The van der Waals surface area contributed by atoms with Gasteiger partial charge in [-0.3, -0.25) is 9.10 Å². The first-order chi connectivity index (χ1) is 12.7. The third-order valence-electron chi connectivity index (χ3n) is 4.00. The molecule has 0 bridgehead atoms. The highest BCUT2D eigenvalue weighted by atomic mass is 35.5. The lowest BCUT2D eigenvalue weighted by atomic mass is 10.2. The van der Waals surface area contributed by atoms with Crippen LogP contribution in [0.2, 0.25) is 5.02 Å². The molecule has 0 saturated heterocycles. The number of hydrogen-bond donors (Lipinski definition) is 1. The molecule has 0 aliphatic carbocycles. The van der Waals surface area contributed by atoms with Gasteiger partial charge in [0, 0.05) is 24.7 Å². The minimum Gasteiger partial charge on any atom is -0.495 e. The van der Waals surface area contributed by atoms with Crippen LogP contribution in [0.3, 0.4) is 0 Å². The van der Waals surface area contributed by atoms with E-state index in [9.17, 15) is 13.2 Å². The lowest BCUT2D eigenvalue weighted by Crippen LogP contribution is -2.28. The molecule has 2 aromatic carbocycles. The number of sulfonamides is 1. The number of carbonyl (C=O) groups excluding carboxylic acids is 1. The Bertz CT molecular complexity index is 930. The van der Waals surface area contributed by atoms with Crippen molar-refractivity contribution in [2.75, 3.05) is 36.6 Å². The first kappa shape index (κ1) is 20.9. The van der Waals surface area contributed by atoms with Gasteiger partial charge in [0.05, 0.1) is 36.4 Å². The molecule has 0 spiro atoms. The Kier molecular flexibility index (Phi) is 6.56. The Morgan fingerprint density at radius 2 is 1.70 bits per heavy atom. The van der Waals surface area contributed by atoms with Crippen LogP contribution in [0.4, 0.5) is 11.4 Å². The van der Waals surface area contributed by atoms with Gasteiger partial charge >= 0.3 is 0 Å². The fourth-order valence-corrected chi connectivity index (χ4v) is 3.39. The number of benzene rings is 2. The molecule has 7 nitrogen and oxygen atoms in total. The van der Waals surface area contributed by atoms with Crippen molar-refractivity contribution in [3.05, 3.63) is 47.0 Å². The van der Waals surface area contributed by atoms with Gasteiger partial charge in [-0.25, -0.2) is 8.42 Å². The quantitative estimate of drug-likeness (QED) is 0.753. The average Bonchev–Trinajstić information content (AvgIpc) is 2.68. The van der Waals surface area contributed by atoms with E-state index in [2.05, 4.69) is 5.32 Å². The van der Waals surface area contributed by atoms with Crippen molar-refractivity contribution >= 4 is 38.9 Å². The summed E-state index contributed by atoms with van der Waals surface area (Å²) in [4.78, 5) is 12.5. The third kappa shape index (κ3) is 4.64. The molecule has 0 heterocycles. The standard InChI is InChI=1S/C18H21ClN2O5S/c1-5-27(23,24)21(2)13-8-6-12(7-9-13)18(22)20-15-11-16(25-3)14(19)10-17(15)26-4/h6-11H,5H2,1-4H3,(H,20,22). The number of amides is 1. The van der Waals surface area contributed by atoms with E-state index in [1.54, 1.807) is 43.3 Å². The normalized spacial score (nSPS) is 11.0. The van der Waals surface area contributed by atoms with Crippen LogP contribution in [0, 0.1) is 0 Å². The largest absolute Gasteiger partial charge is 0.495 e. The van der Waals surface area contributed by atoms with Crippen molar-refractivity contribution in [3.8, 4) is 11.5 Å². The summed E-state index contributed by atoms with van der Waals surface area (Å²) in [6.45, 7) is 1.57. The fourth-order valence-electron chi connectivity index (χ4n) is 2.33. The Balaban J connectivity index is 2.24. The van der Waals surface area contributed by atoms with Crippen molar-refractivity contribution < 1.29 is 22.7 Å². The van der Waals surface area contributed by atoms with E-state index in [1.165, 1.54) is 25.6 Å². The highest BCUT2D eigenvalue weighted by molar-refractivity contribution is 7.92. The predicted octanol–water partition coefficient (Wildman–Crippen LogP) is 3.40. The summed E-state index contributed by atoms with van der Waals surface area (Å²) in [5, 5.41) is 3.09. The molecule has 9 heteroatoms. The van der Waals surface area contributed by atoms with Gasteiger partial charge in [0.25, 0.3) is 5.91 Å². The van der Waals surface area contributed by atoms with E-state index in [1.807, 2.05) is 0 Å². The van der Waals surface area contributed by atoms with Gasteiger partial charge in [-0.05, 0) is 31.2 Å². The van der Waals surface area contributed by atoms with Gasteiger partial charge in [-0.1, -0.05) is 11.6 Å². The minimum atomic E-state index is -3.36. The van der Waals surface area contributed by atoms with E-state index >= 15 is 0 Å². The summed E-state index contributed by atoms with van der Waals surface area (Å²) >= 11 is 6.06. The van der Waals surface area contributed by atoms with Crippen molar-refractivity contribution in [2.45, 2.75) is 6.92 Å². The Morgan fingerprint density at radius 3 is 2.22 bits per heavy atom. The maximum absolute atomic E-state index is 12.5. The second kappa shape index (κ2) is 8.49. The van der Waals surface area contributed by atoms with Crippen LogP contribution in [0.5, 0.6) is 11.5 Å². The van der Waals surface area contributed by atoms with Gasteiger partial charge in [-0.15, -0.1) is 0 Å². The lowest BCUT2D eigenvalue weighted by Gasteiger charge is -2.18. The number of anilines is 2. The second-order valence-electron chi connectivity index (χ2n) is 5.56. The molecular weight excluding hydrogens is 392 g/mol. The number of carbonyl (C=O) groups is 1. The smallest absolute Gasteiger partial charge is 0.255 e. The molecule has 0 atom stereocenters. The Morgan fingerprint density at radius 1 is 1.11 bits per heavy atom. The van der Waals surface area contributed by atoms with Gasteiger partial charge in [0.1, 0.15) is 11.5 Å². The summed E-state index contributed by atoms with van der Waals surface area (Å²) in [6, 6.07) is 9.35. The molecular formula is C18H21ClN2O5S. The van der Waals surface area contributed by atoms with Crippen molar-refractivity contribution in [3.63, 3.8) is 0 Å². The van der Waals surface area contributed by atoms with Gasteiger partial charge < -0.3 is 14.8 Å². The summed E-state index contributed by atoms with van der Waals surface area (Å²) in [7, 11) is 1.04. The molecule has 1 N–H and O–H groups in total. The van der Waals surface area contributed by atoms with E-state index in [4.69, 9.17) is 21.1 Å². The van der Waals surface area contributed by atoms with Crippen molar-refractivity contribution in [2.24, 2.45) is 0 Å². The van der Waals surface area contributed by atoms with Crippen LogP contribution in [-0.2, 0) is 10.0 Å². The number of methoxy groups -OCH3 is 2. The van der Waals surface area contributed by atoms with Crippen LogP contribution >= 0.6 is 11.6 Å². The minimum absolute atomic E-state index is 0.00999. The fraction of sp³-hybridized carbons (Fsp3) is 0.278. The molecule has 0 fully saturated rings. The van der Waals surface area contributed by atoms with Crippen LogP contribution in [-0.4, -0.2) is 41.3 Å². The summed E-state index contributed by atoms with van der Waals surface area (Å²) in [5.74, 6) is 0.392. The molecule has 0 unspecified atom stereocenters. The first-order valence-electron chi connectivity index (χ1n) is 8.03. The van der Waals surface area contributed by atoms with E-state index in [-0.39, 0.29) is 11.7 Å². The molecule has 27 heavy (non-hydrogen) atoms. The molecule has 2 rings (SSSR count). The molecule has 0 saturated carbocycles. The number of ether oxygens (including phenoxy) is 2. The third-order valence-corrected chi connectivity index (χ3v) is 6.07. The number of rotatable bonds is 7. The van der Waals surface area contributed by atoms with Crippen LogP contribution in [0.15, 0.2) is 36.4 Å². The summed E-state index contributed by atoms with van der Waals surface area (Å²) in [6.07, 6.45) is 0. The summed E-state index contributed by atoms with van der Waals surface area (Å²) < 4.78 is 35.4. The number of nitrogens with one attached hydrogen (secondary N) is 1. The zero-order valence-electron chi connectivity index (χ0n) is 15.4. The highest BCUT2D eigenvalue weighted by Crippen LogP contribution is 2.36. The van der Waals surface area contributed by atoms with E-state index < -0.39 is 10.0 Å². The predicted molar refractivity (Wildman–Crippen MR) is 107 cm³/mol. The van der Waals surface area contributed by atoms with Crippen LogP contribution in [0.1, 0.15) is 17.3 Å². The van der Waals surface area contributed by atoms with E-state index in [0.29, 0.717) is 33.5 Å². The lowest BCUT2D eigenvalue weighted by molar-refractivity contribution is 0.102. The van der Waals surface area contributed by atoms with Gasteiger partial charge in [0.2, 0.25) is 10.0 Å². The molecule has 1 amide bonds. The molecule has 2 aromatic rings. The number of nitrogens with zero attached hydrogens (tertiary/aromatic N) is 1. The van der Waals surface area contributed by atoms with Gasteiger partial charge in [0.15, 0.2) is 0 Å². The monoisotopic (exact) mass is 412 g/mol. The van der Waals surface area contributed by atoms with Crippen LogP contribution < -0.4 is 19.1 Å². The highest BCUT2D eigenvalue weighted by Gasteiger charge is 2.17. The van der Waals surface area contributed by atoms with Gasteiger partial charge in [-0.2, -0.15) is 0 Å². The zero-order valence-corrected chi connectivity index (χ0v) is 17.0. The SMILES string of the molecule is CCS(=O)(=O)N(C)c1ccc(C(=O)Nc2cc(OC)c(Cl)cc2OC)cc1. The molecule has 0 radical (unpaired) electrons. The zero-order chi connectivity index (χ0) is 20.2. The van der Waals surface area contributed by atoms with Crippen LogP contribution in [0.25, 0.3) is 0 Å². The molecule has 0 aliphatic rings.